The minimum atomic E-state index is 0. The molecule has 0 aliphatic heterocycles. The Morgan fingerprint density at radius 2 is 1.18 bits per heavy atom. The maximum Gasteiger partial charge on any atom is 0.0406 e. The standard InChI is InChI=1S/C14H13Cl.2CH4/c1-2-11-3-5-12(6-4-11)13-7-9-14(15)10-8-13;;/h3-10H,2H2,1H3;2*1H4. The maximum atomic E-state index is 5.85. The lowest BCUT2D eigenvalue weighted by molar-refractivity contribution is 1.14. The molecule has 2 rings (SSSR count). The molecule has 1 heteroatoms. The summed E-state index contributed by atoms with van der Waals surface area (Å²) in [5.74, 6) is 0. The van der Waals surface area contributed by atoms with Gasteiger partial charge in [0.2, 0.25) is 0 Å². The number of benzene rings is 2. The van der Waals surface area contributed by atoms with Gasteiger partial charge in [0.05, 0.1) is 0 Å². The zero-order chi connectivity index (χ0) is 10.7. The molecule has 0 fully saturated rings. The highest BCUT2D eigenvalue weighted by molar-refractivity contribution is 6.30. The predicted molar refractivity (Wildman–Crippen MR) is 79.7 cm³/mol. The molecular weight excluding hydrogens is 228 g/mol. The van der Waals surface area contributed by atoms with E-state index >= 15 is 0 Å². The van der Waals surface area contributed by atoms with Gasteiger partial charge in [0.1, 0.15) is 0 Å². The molecule has 0 heterocycles. The van der Waals surface area contributed by atoms with Crippen LogP contribution < -0.4 is 0 Å². The molecule has 0 saturated carbocycles. The number of aryl methyl sites for hydroxylation is 1. The summed E-state index contributed by atoms with van der Waals surface area (Å²) in [6.07, 6.45) is 1.08. The normalized spacial score (nSPS) is 9.06. The van der Waals surface area contributed by atoms with E-state index in [-0.39, 0.29) is 14.9 Å². The topological polar surface area (TPSA) is 0 Å². The highest BCUT2D eigenvalue weighted by Gasteiger charge is 1.97. The third kappa shape index (κ3) is 3.90. The molecule has 0 aliphatic rings. The minimum Gasteiger partial charge on any atom is -0.0843 e. The highest BCUT2D eigenvalue weighted by atomic mass is 35.5. The SMILES string of the molecule is C.C.CCc1ccc(-c2ccc(Cl)cc2)cc1. The first-order chi connectivity index (χ1) is 7.29. The predicted octanol–water partition coefficient (Wildman–Crippen LogP) is 5.84. The molecule has 0 nitrogen and oxygen atoms in total. The maximum absolute atomic E-state index is 5.85. The van der Waals surface area contributed by atoms with Crippen LogP contribution in [0.3, 0.4) is 0 Å². The van der Waals surface area contributed by atoms with Gasteiger partial charge < -0.3 is 0 Å². The van der Waals surface area contributed by atoms with Crippen molar-refractivity contribution >= 4 is 11.6 Å². The van der Waals surface area contributed by atoms with Crippen LogP contribution in [0.25, 0.3) is 11.1 Å². The summed E-state index contributed by atoms with van der Waals surface area (Å²) in [5.41, 5.74) is 3.82. The van der Waals surface area contributed by atoms with E-state index in [0.29, 0.717) is 0 Å². The lowest BCUT2D eigenvalue weighted by Crippen LogP contribution is -1.81. The molecule has 0 amide bonds. The fourth-order valence-corrected chi connectivity index (χ4v) is 1.70. The van der Waals surface area contributed by atoms with Gasteiger partial charge in [-0.1, -0.05) is 69.8 Å². The molecule has 0 spiro atoms. The quantitative estimate of drug-likeness (QED) is 0.626. The molecule has 0 bridgehead atoms. The van der Waals surface area contributed by atoms with E-state index in [4.69, 9.17) is 11.6 Å². The molecule has 0 aromatic heterocycles. The number of hydrogen-bond acceptors (Lipinski definition) is 0. The summed E-state index contributed by atoms with van der Waals surface area (Å²) < 4.78 is 0. The van der Waals surface area contributed by atoms with Crippen molar-refractivity contribution in [1.29, 1.82) is 0 Å². The summed E-state index contributed by atoms with van der Waals surface area (Å²) in [4.78, 5) is 0. The Kier molecular flexibility index (Phi) is 6.60. The van der Waals surface area contributed by atoms with Gasteiger partial charge in [-0.2, -0.15) is 0 Å². The second-order valence-electron chi connectivity index (χ2n) is 3.56. The molecule has 92 valence electrons. The zero-order valence-electron chi connectivity index (χ0n) is 8.70. The minimum absolute atomic E-state index is 0. The molecule has 17 heavy (non-hydrogen) atoms. The van der Waals surface area contributed by atoms with E-state index in [1.54, 1.807) is 0 Å². The van der Waals surface area contributed by atoms with Crippen LogP contribution in [-0.2, 0) is 6.42 Å². The molecule has 2 aromatic rings. The first-order valence-corrected chi connectivity index (χ1v) is 5.52. The largest absolute Gasteiger partial charge is 0.0843 e. The van der Waals surface area contributed by atoms with Gasteiger partial charge in [-0.05, 0) is 35.2 Å². The Bertz CT molecular complexity index is 426. The summed E-state index contributed by atoms with van der Waals surface area (Å²) in [7, 11) is 0. The van der Waals surface area contributed by atoms with Crippen LogP contribution in [0.5, 0.6) is 0 Å². The first-order valence-electron chi connectivity index (χ1n) is 5.14. The Morgan fingerprint density at radius 3 is 1.59 bits per heavy atom. The summed E-state index contributed by atoms with van der Waals surface area (Å²) in [6.45, 7) is 2.16. The molecule has 0 saturated heterocycles. The zero-order valence-corrected chi connectivity index (χ0v) is 9.46. The third-order valence-corrected chi connectivity index (χ3v) is 2.79. The van der Waals surface area contributed by atoms with Crippen LogP contribution >= 0.6 is 11.6 Å². The van der Waals surface area contributed by atoms with Crippen molar-refractivity contribution in [3.63, 3.8) is 0 Å². The monoisotopic (exact) mass is 248 g/mol. The van der Waals surface area contributed by atoms with Crippen molar-refractivity contribution in [2.24, 2.45) is 0 Å². The van der Waals surface area contributed by atoms with Gasteiger partial charge in [-0.15, -0.1) is 0 Å². The summed E-state index contributed by atoms with van der Waals surface area (Å²) in [5, 5.41) is 0.781. The molecule has 0 N–H and O–H groups in total. The van der Waals surface area contributed by atoms with Crippen LogP contribution in [0.15, 0.2) is 48.5 Å². The van der Waals surface area contributed by atoms with Crippen molar-refractivity contribution in [3.05, 3.63) is 59.1 Å². The van der Waals surface area contributed by atoms with Crippen LogP contribution in [0.2, 0.25) is 5.02 Å². The number of hydrogen-bond donors (Lipinski definition) is 0. The second-order valence-corrected chi connectivity index (χ2v) is 3.99. The van der Waals surface area contributed by atoms with E-state index < -0.39 is 0 Å². The van der Waals surface area contributed by atoms with Gasteiger partial charge in [0.25, 0.3) is 0 Å². The van der Waals surface area contributed by atoms with Gasteiger partial charge >= 0.3 is 0 Å². The van der Waals surface area contributed by atoms with E-state index in [9.17, 15) is 0 Å². The number of rotatable bonds is 2. The van der Waals surface area contributed by atoms with Crippen LogP contribution in [0.1, 0.15) is 27.3 Å². The average Bonchev–Trinajstić information content (AvgIpc) is 2.30. The summed E-state index contributed by atoms with van der Waals surface area (Å²) in [6, 6.07) is 16.6. The molecule has 0 aliphatic carbocycles. The van der Waals surface area contributed by atoms with Crippen molar-refractivity contribution in [2.75, 3.05) is 0 Å². The van der Waals surface area contributed by atoms with Crippen molar-refractivity contribution in [3.8, 4) is 11.1 Å². The van der Waals surface area contributed by atoms with Crippen LogP contribution in [0.4, 0.5) is 0 Å². The lowest BCUT2D eigenvalue weighted by Gasteiger charge is -2.03. The van der Waals surface area contributed by atoms with E-state index in [1.807, 2.05) is 24.3 Å². The molecular formula is C16H21Cl. The van der Waals surface area contributed by atoms with E-state index in [2.05, 4.69) is 31.2 Å². The van der Waals surface area contributed by atoms with Crippen molar-refractivity contribution in [2.45, 2.75) is 28.2 Å². The Hall–Kier alpha value is -1.27. The average molecular weight is 249 g/mol. The van der Waals surface area contributed by atoms with Crippen molar-refractivity contribution in [1.82, 2.24) is 0 Å². The molecule has 0 atom stereocenters. The van der Waals surface area contributed by atoms with Crippen LogP contribution in [-0.4, -0.2) is 0 Å². The Balaban J connectivity index is 0.00000128. The van der Waals surface area contributed by atoms with Gasteiger partial charge in [-0.3, -0.25) is 0 Å². The Morgan fingerprint density at radius 1 is 0.765 bits per heavy atom. The van der Waals surface area contributed by atoms with Gasteiger partial charge in [0, 0.05) is 5.02 Å². The lowest BCUT2D eigenvalue weighted by atomic mass is 10.0. The molecule has 2 aromatic carbocycles. The highest BCUT2D eigenvalue weighted by Crippen LogP contribution is 2.21. The van der Waals surface area contributed by atoms with Gasteiger partial charge in [-0.25, -0.2) is 0 Å². The fourth-order valence-electron chi connectivity index (χ4n) is 1.58. The Labute approximate surface area is 110 Å². The first kappa shape index (κ1) is 15.7. The van der Waals surface area contributed by atoms with Gasteiger partial charge in [0.15, 0.2) is 0 Å². The molecule has 0 radical (unpaired) electrons. The third-order valence-electron chi connectivity index (χ3n) is 2.54. The van der Waals surface area contributed by atoms with Crippen LogP contribution in [0, 0.1) is 0 Å². The van der Waals surface area contributed by atoms with E-state index in [1.165, 1.54) is 16.7 Å². The van der Waals surface area contributed by atoms with E-state index in [0.717, 1.165) is 11.4 Å². The fraction of sp³-hybridized carbons (Fsp3) is 0.250. The smallest absolute Gasteiger partial charge is 0.0406 e. The van der Waals surface area contributed by atoms with Crippen molar-refractivity contribution < 1.29 is 0 Å². The molecule has 0 unspecified atom stereocenters. The number of halogens is 1. The second kappa shape index (κ2) is 7.13. The summed E-state index contributed by atoms with van der Waals surface area (Å²) >= 11 is 5.85.